The lowest BCUT2D eigenvalue weighted by atomic mass is 10.1. The second-order valence-corrected chi connectivity index (χ2v) is 6.23. The Bertz CT molecular complexity index is 612. The van der Waals surface area contributed by atoms with Crippen LogP contribution in [0.5, 0.6) is 0 Å². The predicted molar refractivity (Wildman–Crippen MR) is 78.4 cm³/mol. The third-order valence-electron chi connectivity index (χ3n) is 2.46. The van der Waals surface area contributed by atoms with Gasteiger partial charge in [0.2, 0.25) is 15.9 Å². The molecule has 0 spiro atoms. The van der Waals surface area contributed by atoms with E-state index in [1.165, 1.54) is 24.3 Å². The van der Waals surface area contributed by atoms with Crippen molar-refractivity contribution < 1.29 is 23.1 Å². The number of carbonyl (C=O) groups excluding carboxylic acids is 1. The number of anilines is 2. The lowest BCUT2D eigenvalue weighted by Gasteiger charge is -2.11. The standard InChI is InChI=1S/C12H17N3O5S/c1-21(19,20)15-9-4-2-8(3-5-9)14-12(18)10(13)6-7-11(16)17/h2-5,10,15H,6-7,13H2,1H3,(H,14,18)(H,16,17). The number of rotatable bonds is 7. The van der Waals surface area contributed by atoms with E-state index < -0.39 is 27.9 Å². The quantitative estimate of drug-likeness (QED) is 0.566. The predicted octanol–water partition coefficient (Wildman–Crippen LogP) is 0.189. The van der Waals surface area contributed by atoms with Gasteiger partial charge in [0, 0.05) is 17.8 Å². The van der Waals surface area contributed by atoms with Gasteiger partial charge in [-0.15, -0.1) is 0 Å². The molecule has 8 nitrogen and oxygen atoms in total. The van der Waals surface area contributed by atoms with E-state index in [-0.39, 0.29) is 12.8 Å². The highest BCUT2D eigenvalue weighted by Gasteiger charge is 2.15. The number of carboxylic acids is 1. The highest BCUT2D eigenvalue weighted by molar-refractivity contribution is 7.92. The minimum atomic E-state index is -3.35. The molecule has 9 heteroatoms. The summed E-state index contributed by atoms with van der Waals surface area (Å²) in [6.45, 7) is 0. The molecule has 5 N–H and O–H groups in total. The number of amides is 1. The van der Waals surface area contributed by atoms with Gasteiger partial charge in [-0.2, -0.15) is 0 Å². The van der Waals surface area contributed by atoms with Crippen molar-refractivity contribution in [1.29, 1.82) is 0 Å². The molecular formula is C12H17N3O5S. The molecule has 1 aromatic rings. The molecule has 1 aromatic carbocycles. The van der Waals surface area contributed by atoms with Crippen molar-refractivity contribution in [3.8, 4) is 0 Å². The lowest BCUT2D eigenvalue weighted by Crippen LogP contribution is -2.36. The van der Waals surface area contributed by atoms with Gasteiger partial charge in [0.1, 0.15) is 0 Å². The Labute approximate surface area is 122 Å². The lowest BCUT2D eigenvalue weighted by molar-refractivity contribution is -0.137. The maximum absolute atomic E-state index is 11.7. The Hall–Kier alpha value is -2.13. The van der Waals surface area contributed by atoms with Gasteiger partial charge in [0.05, 0.1) is 12.3 Å². The Kier molecular flexibility index (Phi) is 5.68. The van der Waals surface area contributed by atoms with Crippen LogP contribution in [-0.2, 0) is 19.6 Å². The number of carboxylic acid groups (broad SMARTS) is 1. The van der Waals surface area contributed by atoms with E-state index in [4.69, 9.17) is 10.8 Å². The summed E-state index contributed by atoms with van der Waals surface area (Å²) < 4.78 is 24.4. The van der Waals surface area contributed by atoms with Crippen LogP contribution in [0.1, 0.15) is 12.8 Å². The van der Waals surface area contributed by atoms with Crippen molar-refractivity contribution in [2.45, 2.75) is 18.9 Å². The van der Waals surface area contributed by atoms with Gasteiger partial charge >= 0.3 is 5.97 Å². The normalized spacial score (nSPS) is 12.5. The van der Waals surface area contributed by atoms with E-state index in [0.29, 0.717) is 11.4 Å². The van der Waals surface area contributed by atoms with Crippen LogP contribution in [0, 0.1) is 0 Å². The molecule has 1 rings (SSSR count). The molecule has 0 aliphatic carbocycles. The molecule has 0 saturated heterocycles. The van der Waals surface area contributed by atoms with Gasteiger partial charge in [0.15, 0.2) is 0 Å². The largest absolute Gasteiger partial charge is 0.481 e. The van der Waals surface area contributed by atoms with E-state index >= 15 is 0 Å². The molecular weight excluding hydrogens is 298 g/mol. The molecule has 0 fully saturated rings. The average molecular weight is 315 g/mol. The summed E-state index contributed by atoms with van der Waals surface area (Å²) >= 11 is 0. The number of carbonyl (C=O) groups is 2. The van der Waals surface area contributed by atoms with Gasteiger partial charge in [-0.3, -0.25) is 14.3 Å². The summed E-state index contributed by atoms with van der Waals surface area (Å²) in [6.07, 6.45) is 0.880. The van der Waals surface area contributed by atoms with Gasteiger partial charge in [-0.05, 0) is 30.7 Å². The number of hydrogen-bond donors (Lipinski definition) is 4. The number of sulfonamides is 1. The van der Waals surface area contributed by atoms with Crippen molar-refractivity contribution in [3.05, 3.63) is 24.3 Å². The van der Waals surface area contributed by atoms with Gasteiger partial charge in [0.25, 0.3) is 0 Å². The van der Waals surface area contributed by atoms with Gasteiger partial charge < -0.3 is 16.2 Å². The maximum atomic E-state index is 11.7. The van der Waals surface area contributed by atoms with Gasteiger partial charge in [-0.1, -0.05) is 0 Å². The van der Waals surface area contributed by atoms with Crippen molar-refractivity contribution in [2.75, 3.05) is 16.3 Å². The number of hydrogen-bond acceptors (Lipinski definition) is 5. The van der Waals surface area contributed by atoms with E-state index in [2.05, 4.69) is 10.0 Å². The summed E-state index contributed by atoms with van der Waals surface area (Å²) in [6, 6.07) is 5.07. The molecule has 1 amide bonds. The maximum Gasteiger partial charge on any atom is 0.303 e. The van der Waals surface area contributed by atoms with Crippen LogP contribution in [0.2, 0.25) is 0 Å². The number of aliphatic carboxylic acids is 1. The molecule has 116 valence electrons. The van der Waals surface area contributed by atoms with Crippen LogP contribution in [0.25, 0.3) is 0 Å². The van der Waals surface area contributed by atoms with Gasteiger partial charge in [-0.25, -0.2) is 8.42 Å². The second-order valence-electron chi connectivity index (χ2n) is 4.48. The fourth-order valence-electron chi connectivity index (χ4n) is 1.48. The zero-order chi connectivity index (χ0) is 16.0. The Balaban J connectivity index is 2.59. The number of benzene rings is 1. The fourth-order valence-corrected chi connectivity index (χ4v) is 2.04. The minimum absolute atomic E-state index is 0.0366. The molecule has 0 radical (unpaired) electrons. The minimum Gasteiger partial charge on any atom is -0.481 e. The molecule has 0 bridgehead atoms. The first kappa shape index (κ1) is 16.9. The summed E-state index contributed by atoms with van der Waals surface area (Å²) in [5.41, 5.74) is 6.36. The first-order valence-corrected chi connectivity index (χ1v) is 7.92. The molecule has 21 heavy (non-hydrogen) atoms. The van der Waals surface area contributed by atoms with Crippen LogP contribution >= 0.6 is 0 Å². The first-order chi connectivity index (χ1) is 9.67. The molecule has 0 aromatic heterocycles. The molecule has 1 atom stereocenters. The molecule has 1 unspecified atom stereocenters. The smallest absolute Gasteiger partial charge is 0.303 e. The fraction of sp³-hybridized carbons (Fsp3) is 0.333. The Morgan fingerprint density at radius 2 is 1.76 bits per heavy atom. The monoisotopic (exact) mass is 315 g/mol. The van der Waals surface area contributed by atoms with Crippen LogP contribution in [-0.4, -0.2) is 37.7 Å². The molecule has 0 aliphatic heterocycles. The average Bonchev–Trinajstić information content (AvgIpc) is 2.36. The van der Waals surface area contributed by atoms with Crippen LogP contribution < -0.4 is 15.8 Å². The summed E-state index contributed by atoms with van der Waals surface area (Å²) in [5, 5.41) is 11.0. The van der Waals surface area contributed by atoms with E-state index in [0.717, 1.165) is 6.26 Å². The second kappa shape index (κ2) is 7.04. The zero-order valence-corrected chi connectivity index (χ0v) is 12.2. The molecule has 0 aliphatic rings. The third-order valence-corrected chi connectivity index (χ3v) is 3.07. The highest BCUT2D eigenvalue weighted by Crippen LogP contribution is 2.14. The van der Waals surface area contributed by atoms with E-state index in [9.17, 15) is 18.0 Å². The van der Waals surface area contributed by atoms with Crippen molar-refractivity contribution in [1.82, 2.24) is 0 Å². The Morgan fingerprint density at radius 3 is 2.24 bits per heavy atom. The Morgan fingerprint density at radius 1 is 1.24 bits per heavy atom. The highest BCUT2D eigenvalue weighted by atomic mass is 32.2. The topological polar surface area (TPSA) is 139 Å². The first-order valence-electron chi connectivity index (χ1n) is 6.03. The number of nitrogens with one attached hydrogen (secondary N) is 2. The van der Waals surface area contributed by atoms with Crippen molar-refractivity contribution >= 4 is 33.3 Å². The SMILES string of the molecule is CS(=O)(=O)Nc1ccc(NC(=O)C(N)CCC(=O)O)cc1. The van der Waals surface area contributed by atoms with Crippen LogP contribution in [0.15, 0.2) is 24.3 Å². The third kappa shape index (κ3) is 6.72. The van der Waals surface area contributed by atoms with Crippen molar-refractivity contribution in [2.24, 2.45) is 5.73 Å². The molecule has 0 saturated carbocycles. The zero-order valence-electron chi connectivity index (χ0n) is 11.4. The summed E-state index contributed by atoms with van der Waals surface area (Å²) in [4.78, 5) is 22.1. The van der Waals surface area contributed by atoms with Crippen LogP contribution in [0.4, 0.5) is 11.4 Å². The van der Waals surface area contributed by atoms with E-state index in [1.807, 2.05) is 0 Å². The van der Waals surface area contributed by atoms with E-state index in [1.54, 1.807) is 0 Å². The summed E-state index contributed by atoms with van der Waals surface area (Å²) in [5.74, 6) is -1.52. The van der Waals surface area contributed by atoms with Crippen LogP contribution in [0.3, 0.4) is 0 Å². The molecule has 0 heterocycles. The van der Waals surface area contributed by atoms with Crippen molar-refractivity contribution in [3.63, 3.8) is 0 Å². The summed E-state index contributed by atoms with van der Waals surface area (Å²) in [7, 11) is -3.35. The number of nitrogens with two attached hydrogens (primary N) is 1.